The predicted molar refractivity (Wildman–Crippen MR) is 96.1 cm³/mol. The van der Waals surface area contributed by atoms with E-state index in [1.54, 1.807) is 19.2 Å². The highest BCUT2D eigenvalue weighted by Gasteiger charge is 2.08. The van der Waals surface area contributed by atoms with E-state index in [-0.39, 0.29) is 11.8 Å². The van der Waals surface area contributed by atoms with Crippen LogP contribution >= 0.6 is 22.6 Å². The first-order chi connectivity index (χ1) is 10.5. The molecule has 2 aromatic rings. The van der Waals surface area contributed by atoms with Crippen molar-refractivity contribution in [2.75, 3.05) is 12.4 Å². The molecule has 5 heteroatoms. The second-order valence-corrected chi connectivity index (χ2v) is 6.13. The average molecular weight is 408 g/mol. The number of hydrogen-bond acceptors (Lipinski definition) is 2. The third kappa shape index (κ3) is 4.30. The highest BCUT2D eigenvalue weighted by Crippen LogP contribution is 2.16. The highest BCUT2D eigenvalue weighted by atomic mass is 127. The van der Waals surface area contributed by atoms with Gasteiger partial charge in [-0.05, 0) is 64.9 Å². The second kappa shape index (κ2) is 7.40. The normalized spacial score (nSPS) is 10.1. The van der Waals surface area contributed by atoms with E-state index in [9.17, 15) is 9.59 Å². The van der Waals surface area contributed by atoms with Crippen molar-refractivity contribution >= 4 is 40.1 Å². The molecule has 0 bridgehead atoms. The van der Waals surface area contributed by atoms with Crippen LogP contribution in [0.25, 0.3) is 0 Å². The van der Waals surface area contributed by atoms with E-state index >= 15 is 0 Å². The number of carbonyl (C=O) groups excluding carboxylic acids is 2. The maximum Gasteiger partial charge on any atom is 0.255 e. The molecule has 0 heterocycles. The molecule has 0 fully saturated rings. The molecule has 2 rings (SSSR count). The minimum absolute atomic E-state index is 0.0361. The maximum absolute atomic E-state index is 12.2. The number of aryl methyl sites for hydroxylation is 1. The third-order valence-electron chi connectivity index (χ3n) is 3.29. The number of amides is 2. The van der Waals surface area contributed by atoms with Crippen molar-refractivity contribution in [3.63, 3.8) is 0 Å². The van der Waals surface area contributed by atoms with Crippen LogP contribution in [0.15, 0.2) is 42.5 Å². The number of hydrogen-bond donors (Lipinski definition) is 2. The van der Waals surface area contributed by atoms with Gasteiger partial charge in [0.05, 0.1) is 6.42 Å². The second-order valence-electron chi connectivity index (χ2n) is 4.96. The van der Waals surface area contributed by atoms with Crippen LogP contribution in [0.4, 0.5) is 5.69 Å². The molecule has 0 atom stereocenters. The van der Waals surface area contributed by atoms with Crippen molar-refractivity contribution in [3.05, 3.63) is 62.7 Å². The Morgan fingerprint density at radius 1 is 1.09 bits per heavy atom. The van der Waals surface area contributed by atoms with Crippen LogP contribution in [0, 0.1) is 10.5 Å². The Bertz CT molecular complexity index is 696. The van der Waals surface area contributed by atoms with Crippen molar-refractivity contribution in [1.82, 2.24) is 5.32 Å². The maximum atomic E-state index is 12.2. The Hall–Kier alpha value is -1.89. The summed E-state index contributed by atoms with van der Waals surface area (Å²) in [4.78, 5) is 23.5. The van der Waals surface area contributed by atoms with Crippen LogP contribution in [0.1, 0.15) is 21.5 Å². The molecule has 114 valence electrons. The molecule has 0 saturated heterocycles. The summed E-state index contributed by atoms with van der Waals surface area (Å²) < 4.78 is 1.06. The Morgan fingerprint density at radius 2 is 1.77 bits per heavy atom. The monoisotopic (exact) mass is 408 g/mol. The molecule has 0 aromatic heterocycles. The van der Waals surface area contributed by atoms with E-state index in [1.807, 2.05) is 37.3 Å². The lowest BCUT2D eigenvalue weighted by molar-refractivity contribution is -0.119. The zero-order valence-corrected chi connectivity index (χ0v) is 14.6. The van der Waals surface area contributed by atoms with Crippen LogP contribution in [-0.2, 0) is 11.2 Å². The molecule has 22 heavy (non-hydrogen) atoms. The molecular weight excluding hydrogens is 391 g/mol. The summed E-state index contributed by atoms with van der Waals surface area (Å²) in [5, 5.41) is 5.44. The lowest BCUT2D eigenvalue weighted by Gasteiger charge is -2.08. The molecule has 2 amide bonds. The lowest BCUT2D eigenvalue weighted by Crippen LogP contribution is -2.19. The Balaban J connectivity index is 2.05. The Labute approximate surface area is 143 Å². The zero-order valence-electron chi connectivity index (χ0n) is 12.4. The summed E-state index contributed by atoms with van der Waals surface area (Å²) in [5.74, 6) is -0.178. The van der Waals surface area contributed by atoms with Crippen molar-refractivity contribution < 1.29 is 9.59 Å². The molecule has 2 aromatic carbocycles. The topological polar surface area (TPSA) is 58.2 Å². The smallest absolute Gasteiger partial charge is 0.255 e. The summed E-state index contributed by atoms with van der Waals surface area (Å²) in [6.45, 7) is 2.01. The van der Waals surface area contributed by atoms with Gasteiger partial charge in [0.15, 0.2) is 0 Å². The molecule has 0 saturated carbocycles. The summed E-state index contributed by atoms with van der Waals surface area (Å²) >= 11 is 2.22. The molecule has 4 nitrogen and oxygen atoms in total. The van der Waals surface area contributed by atoms with E-state index in [1.165, 1.54) is 0 Å². The summed E-state index contributed by atoms with van der Waals surface area (Å²) in [7, 11) is 1.61. The van der Waals surface area contributed by atoms with Gasteiger partial charge in [-0.3, -0.25) is 9.59 Å². The summed E-state index contributed by atoms with van der Waals surface area (Å²) in [6.07, 6.45) is 0.334. The van der Waals surface area contributed by atoms with E-state index in [0.717, 1.165) is 14.7 Å². The molecule has 0 aliphatic carbocycles. The first-order valence-electron chi connectivity index (χ1n) is 6.86. The number of rotatable bonds is 4. The van der Waals surface area contributed by atoms with Crippen molar-refractivity contribution in [2.45, 2.75) is 13.3 Å². The van der Waals surface area contributed by atoms with Gasteiger partial charge in [-0.1, -0.05) is 18.2 Å². The van der Waals surface area contributed by atoms with E-state index in [0.29, 0.717) is 17.7 Å². The number of benzene rings is 2. The minimum atomic E-state index is -0.142. The molecule has 2 N–H and O–H groups in total. The summed E-state index contributed by atoms with van der Waals surface area (Å²) in [5.41, 5.74) is 3.39. The van der Waals surface area contributed by atoms with E-state index < -0.39 is 0 Å². The Morgan fingerprint density at radius 3 is 2.36 bits per heavy atom. The number of likely N-dealkylation sites (N-methyl/N-ethyl adjacent to an activating group) is 1. The molecule has 0 aliphatic heterocycles. The van der Waals surface area contributed by atoms with Crippen molar-refractivity contribution in [3.8, 4) is 0 Å². The van der Waals surface area contributed by atoms with Gasteiger partial charge in [-0.25, -0.2) is 0 Å². The van der Waals surface area contributed by atoms with Crippen LogP contribution in [0.2, 0.25) is 0 Å². The fraction of sp³-hybridized carbons (Fsp3) is 0.176. The van der Waals surface area contributed by atoms with Crippen molar-refractivity contribution in [2.24, 2.45) is 0 Å². The van der Waals surface area contributed by atoms with Gasteiger partial charge in [0.25, 0.3) is 5.91 Å². The van der Waals surface area contributed by atoms with Gasteiger partial charge < -0.3 is 10.6 Å². The van der Waals surface area contributed by atoms with Crippen LogP contribution < -0.4 is 10.6 Å². The largest absolute Gasteiger partial charge is 0.359 e. The van der Waals surface area contributed by atoms with Crippen LogP contribution in [-0.4, -0.2) is 18.9 Å². The fourth-order valence-electron chi connectivity index (χ4n) is 1.92. The molecular formula is C17H17IN2O2. The standard InChI is InChI=1S/C17H17IN2O2/c1-11-3-6-13(10-15(11)18)17(22)20-14-7-4-12(5-8-14)9-16(21)19-2/h3-8,10H,9H2,1-2H3,(H,19,21)(H,20,22). The number of anilines is 1. The first-order valence-corrected chi connectivity index (χ1v) is 7.94. The van der Waals surface area contributed by atoms with Gasteiger partial charge in [0.2, 0.25) is 5.91 Å². The van der Waals surface area contributed by atoms with E-state index in [4.69, 9.17) is 0 Å². The predicted octanol–water partition coefficient (Wildman–Crippen LogP) is 3.14. The van der Waals surface area contributed by atoms with Gasteiger partial charge >= 0.3 is 0 Å². The molecule has 0 aliphatic rings. The van der Waals surface area contributed by atoms with Crippen molar-refractivity contribution in [1.29, 1.82) is 0 Å². The van der Waals surface area contributed by atoms with Gasteiger partial charge in [-0.2, -0.15) is 0 Å². The van der Waals surface area contributed by atoms with E-state index in [2.05, 4.69) is 33.2 Å². The van der Waals surface area contributed by atoms with Gasteiger partial charge in [-0.15, -0.1) is 0 Å². The number of carbonyl (C=O) groups is 2. The van der Waals surface area contributed by atoms with Crippen LogP contribution in [0.3, 0.4) is 0 Å². The van der Waals surface area contributed by atoms with Gasteiger partial charge in [0.1, 0.15) is 0 Å². The van der Waals surface area contributed by atoms with Gasteiger partial charge in [0, 0.05) is 21.9 Å². The lowest BCUT2D eigenvalue weighted by atomic mass is 10.1. The fourth-order valence-corrected chi connectivity index (χ4v) is 2.43. The van der Waals surface area contributed by atoms with Crippen LogP contribution in [0.5, 0.6) is 0 Å². The molecule has 0 unspecified atom stereocenters. The Kier molecular flexibility index (Phi) is 5.54. The number of nitrogens with one attached hydrogen (secondary N) is 2. The molecule has 0 radical (unpaired) electrons. The SMILES string of the molecule is CNC(=O)Cc1ccc(NC(=O)c2ccc(C)c(I)c2)cc1. The quantitative estimate of drug-likeness (QED) is 0.764. The summed E-state index contributed by atoms with van der Waals surface area (Å²) in [6, 6.07) is 12.9. The first kappa shape index (κ1) is 16.5. The minimum Gasteiger partial charge on any atom is -0.359 e. The zero-order chi connectivity index (χ0) is 16.1. The highest BCUT2D eigenvalue weighted by molar-refractivity contribution is 14.1. The molecule has 0 spiro atoms. The number of halogens is 1. The average Bonchev–Trinajstić information content (AvgIpc) is 2.51. The third-order valence-corrected chi connectivity index (χ3v) is 4.45.